The van der Waals surface area contributed by atoms with Crippen molar-refractivity contribution in [1.29, 1.82) is 0 Å². The molecular formula is C28H31FN2O4. The predicted molar refractivity (Wildman–Crippen MR) is 137 cm³/mol. The highest BCUT2D eigenvalue weighted by atomic mass is 19.1. The Hall–Kier alpha value is -3.68. The van der Waals surface area contributed by atoms with Gasteiger partial charge in [-0.25, -0.2) is 9.18 Å². The van der Waals surface area contributed by atoms with Crippen molar-refractivity contribution < 1.29 is 24.5 Å². The maximum Gasteiger partial charge on any atom is 0.405 e. The van der Waals surface area contributed by atoms with Crippen molar-refractivity contribution in [1.82, 2.24) is 5.32 Å². The first-order chi connectivity index (χ1) is 16.7. The van der Waals surface area contributed by atoms with E-state index >= 15 is 0 Å². The van der Waals surface area contributed by atoms with Gasteiger partial charge in [0.2, 0.25) is 0 Å². The van der Waals surface area contributed by atoms with E-state index in [9.17, 15) is 19.4 Å². The van der Waals surface area contributed by atoms with Gasteiger partial charge in [0, 0.05) is 18.3 Å². The molecule has 0 bridgehead atoms. The first-order valence-electron chi connectivity index (χ1n) is 11.4. The van der Waals surface area contributed by atoms with Crippen molar-refractivity contribution in [3.63, 3.8) is 0 Å². The Morgan fingerprint density at radius 1 is 0.943 bits per heavy atom. The Balaban J connectivity index is 1.71. The molecule has 0 saturated heterocycles. The molecule has 0 spiro atoms. The van der Waals surface area contributed by atoms with Gasteiger partial charge in [0.25, 0.3) is 0 Å². The lowest BCUT2D eigenvalue weighted by Gasteiger charge is -2.29. The molecule has 0 aliphatic rings. The summed E-state index contributed by atoms with van der Waals surface area (Å²) >= 11 is 0. The summed E-state index contributed by atoms with van der Waals surface area (Å²) in [4.78, 5) is 13.2. The molecule has 0 aliphatic carbocycles. The van der Waals surface area contributed by atoms with Gasteiger partial charge < -0.3 is 25.5 Å². The van der Waals surface area contributed by atoms with Crippen LogP contribution in [0.3, 0.4) is 0 Å². The molecule has 7 heteroatoms. The number of carbonyl (C=O) groups is 1. The number of nitrogens with zero attached hydrogens (tertiary/aromatic N) is 1. The smallest absolute Gasteiger partial charge is 0.405 e. The molecule has 0 atom stereocenters. The highest BCUT2D eigenvalue weighted by Gasteiger charge is 2.27. The van der Waals surface area contributed by atoms with E-state index in [-0.39, 0.29) is 11.9 Å². The molecule has 0 radical (unpaired) electrons. The average Bonchev–Trinajstić information content (AvgIpc) is 2.86. The van der Waals surface area contributed by atoms with E-state index in [4.69, 9.17) is 5.11 Å². The van der Waals surface area contributed by atoms with Crippen LogP contribution < -0.4 is 10.2 Å². The van der Waals surface area contributed by atoms with Crippen LogP contribution >= 0.6 is 0 Å². The number of carboxylic acid groups (broad SMARTS) is 1. The minimum atomic E-state index is -1.45. The van der Waals surface area contributed by atoms with Crippen LogP contribution in [0, 0.1) is 5.82 Å². The molecule has 6 nitrogen and oxygen atoms in total. The number of anilines is 1. The van der Waals surface area contributed by atoms with E-state index in [0.29, 0.717) is 6.54 Å². The molecule has 3 rings (SSSR count). The Kier molecular flexibility index (Phi) is 8.63. The molecular weight excluding hydrogens is 447 g/mol. The highest BCUT2D eigenvalue weighted by Crippen LogP contribution is 2.24. The molecule has 3 aromatic carbocycles. The van der Waals surface area contributed by atoms with Crippen LogP contribution in [-0.4, -0.2) is 46.2 Å². The van der Waals surface area contributed by atoms with Crippen molar-refractivity contribution in [2.24, 2.45) is 0 Å². The van der Waals surface area contributed by atoms with Crippen LogP contribution in [0.25, 0.3) is 17.2 Å². The van der Waals surface area contributed by atoms with Crippen molar-refractivity contribution in [2.45, 2.75) is 32.0 Å². The summed E-state index contributed by atoms with van der Waals surface area (Å²) < 4.78 is 13.3. The largest absolute Gasteiger partial charge is 0.465 e. The number of amides is 1. The summed E-state index contributed by atoms with van der Waals surface area (Å²) in [5, 5.41) is 30.1. The first-order valence-corrected chi connectivity index (χ1v) is 11.4. The second-order valence-electron chi connectivity index (χ2n) is 8.75. The number of benzene rings is 3. The van der Waals surface area contributed by atoms with Gasteiger partial charge in [-0.05, 0) is 60.4 Å². The molecule has 3 aromatic rings. The number of rotatable bonds is 10. The minimum Gasteiger partial charge on any atom is -0.465 e. The fourth-order valence-corrected chi connectivity index (χ4v) is 3.74. The fraction of sp³-hybridized carbons (Fsp3) is 0.250. The standard InChI is InChI=1S/C28H31FN2O4/c1-20(2)31(26-13-11-25(29)12-14-26)17-22-5-9-24(10-6-22)23-7-3-21(4-8-23)15-16-28(18-32,19-33)30-27(34)35/h3-16,20,30,32-33H,17-19H2,1-2H3,(H,34,35). The van der Waals surface area contributed by atoms with Gasteiger partial charge in [-0.3, -0.25) is 0 Å². The van der Waals surface area contributed by atoms with E-state index in [2.05, 4.69) is 48.3 Å². The summed E-state index contributed by atoms with van der Waals surface area (Å²) in [5.74, 6) is -0.249. The number of halogens is 1. The number of aliphatic hydroxyl groups is 2. The number of aliphatic hydroxyl groups excluding tert-OH is 2. The first kappa shape index (κ1) is 25.9. The Morgan fingerprint density at radius 3 is 1.97 bits per heavy atom. The maximum absolute atomic E-state index is 13.3. The number of hydrogen-bond acceptors (Lipinski definition) is 4. The maximum atomic E-state index is 13.3. The van der Waals surface area contributed by atoms with Gasteiger partial charge in [0.15, 0.2) is 0 Å². The monoisotopic (exact) mass is 478 g/mol. The van der Waals surface area contributed by atoms with Crippen LogP contribution in [0.4, 0.5) is 14.9 Å². The second kappa shape index (κ2) is 11.6. The second-order valence-corrected chi connectivity index (χ2v) is 8.75. The minimum absolute atomic E-state index is 0.249. The van der Waals surface area contributed by atoms with Crippen LogP contribution in [0.2, 0.25) is 0 Å². The third kappa shape index (κ3) is 6.91. The van der Waals surface area contributed by atoms with Gasteiger partial charge in [0.05, 0.1) is 13.2 Å². The van der Waals surface area contributed by atoms with Gasteiger partial charge in [0.1, 0.15) is 11.4 Å². The van der Waals surface area contributed by atoms with Crippen LogP contribution in [0.5, 0.6) is 0 Å². The Bertz CT molecular complexity index is 1120. The van der Waals surface area contributed by atoms with Crippen molar-refractivity contribution in [2.75, 3.05) is 18.1 Å². The van der Waals surface area contributed by atoms with E-state index in [1.54, 1.807) is 18.2 Å². The molecule has 0 aliphatic heterocycles. The van der Waals surface area contributed by atoms with E-state index in [0.717, 1.165) is 27.9 Å². The summed E-state index contributed by atoms with van der Waals surface area (Å²) in [6, 6.07) is 22.7. The molecule has 4 N–H and O–H groups in total. The van der Waals surface area contributed by atoms with Gasteiger partial charge in [-0.1, -0.05) is 60.7 Å². The summed E-state index contributed by atoms with van der Waals surface area (Å²) in [6.45, 7) is 3.79. The Labute approximate surface area is 205 Å². The van der Waals surface area contributed by atoms with E-state index in [1.807, 2.05) is 24.3 Å². The predicted octanol–water partition coefficient (Wildman–Crippen LogP) is 4.91. The third-order valence-corrected chi connectivity index (χ3v) is 5.85. The quantitative estimate of drug-likeness (QED) is 0.332. The molecule has 1 amide bonds. The van der Waals surface area contributed by atoms with Crippen LogP contribution in [0.15, 0.2) is 78.9 Å². The Morgan fingerprint density at radius 2 is 1.49 bits per heavy atom. The lowest BCUT2D eigenvalue weighted by atomic mass is 9.98. The van der Waals surface area contributed by atoms with Crippen molar-refractivity contribution in [3.8, 4) is 11.1 Å². The fourth-order valence-electron chi connectivity index (χ4n) is 3.74. The molecule has 0 unspecified atom stereocenters. The zero-order chi connectivity index (χ0) is 25.4. The molecule has 0 fully saturated rings. The molecule has 184 valence electrons. The summed E-state index contributed by atoms with van der Waals surface area (Å²) in [7, 11) is 0. The molecule has 35 heavy (non-hydrogen) atoms. The zero-order valence-electron chi connectivity index (χ0n) is 19.9. The van der Waals surface area contributed by atoms with Gasteiger partial charge in [-0.2, -0.15) is 0 Å². The van der Waals surface area contributed by atoms with Crippen molar-refractivity contribution in [3.05, 3.63) is 95.8 Å². The number of hydrogen-bond donors (Lipinski definition) is 4. The third-order valence-electron chi connectivity index (χ3n) is 5.85. The zero-order valence-corrected chi connectivity index (χ0v) is 19.9. The lowest BCUT2D eigenvalue weighted by molar-refractivity contribution is 0.115. The van der Waals surface area contributed by atoms with E-state index < -0.39 is 24.8 Å². The molecule has 0 aromatic heterocycles. The van der Waals surface area contributed by atoms with Gasteiger partial charge >= 0.3 is 6.09 Å². The topological polar surface area (TPSA) is 93.0 Å². The van der Waals surface area contributed by atoms with Crippen molar-refractivity contribution >= 4 is 17.9 Å². The normalized spacial score (nSPS) is 11.7. The number of nitrogens with one attached hydrogen (secondary N) is 1. The van der Waals surface area contributed by atoms with E-state index in [1.165, 1.54) is 18.2 Å². The molecule has 0 saturated carbocycles. The van der Waals surface area contributed by atoms with Crippen LogP contribution in [-0.2, 0) is 6.54 Å². The SMILES string of the molecule is CC(C)N(Cc1ccc(-c2ccc(C=CC(CO)(CO)NC(=O)O)cc2)cc1)c1ccc(F)cc1. The van der Waals surface area contributed by atoms with Crippen LogP contribution in [0.1, 0.15) is 25.0 Å². The summed E-state index contributed by atoms with van der Waals surface area (Å²) in [5.41, 5.74) is 3.54. The molecule has 0 heterocycles. The van der Waals surface area contributed by atoms with Gasteiger partial charge in [-0.15, -0.1) is 0 Å². The summed E-state index contributed by atoms with van der Waals surface area (Å²) in [6.07, 6.45) is 1.78. The highest BCUT2D eigenvalue weighted by molar-refractivity contribution is 5.68. The lowest BCUT2D eigenvalue weighted by Crippen LogP contribution is -2.52. The average molecular weight is 479 g/mol.